The van der Waals surface area contributed by atoms with E-state index in [9.17, 15) is 13.2 Å². The van der Waals surface area contributed by atoms with Crippen LogP contribution < -0.4 is 43.1 Å². The molecule has 0 saturated heterocycles. The van der Waals surface area contributed by atoms with E-state index in [0.29, 0.717) is 19.5 Å². The second-order valence-corrected chi connectivity index (χ2v) is 11.1. The van der Waals surface area contributed by atoms with Crippen molar-refractivity contribution >= 4 is 28.3 Å². The van der Waals surface area contributed by atoms with Crippen molar-refractivity contribution in [1.29, 1.82) is 0 Å². The van der Waals surface area contributed by atoms with Crippen molar-refractivity contribution in [3.05, 3.63) is 102 Å². The molecule has 2 aromatic heterocycles. The first-order chi connectivity index (χ1) is 19.8. The molecule has 3 aromatic rings. The van der Waals surface area contributed by atoms with Crippen LogP contribution in [-0.4, -0.2) is 43.7 Å². The summed E-state index contributed by atoms with van der Waals surface area (Å²) in [6, 6.07) is 14.0. The minimum atomic E-state index is -3.65. The van der Waals surface area contributed by atoms with Crippen LogP contribution in [0.5, 0.6) is 0 Å². The molecule has 1 aromatic carbocycles. The molecule has 10 nitrogen and oxygen atoms in total. The molecule has 0 saturated carbocycles. The number of hydrogen-bond acceptors (Lipinski definition) is 8. The van der Waals surface area contributed by atoms with Gasteiger partial charge in [-0.3, -0.25) is 8.98 Å². The standard InChI is InChI=1S/C17H22O4S.C13H12N4O2.2BrH/c1-14-9-11-16(12-10-14)22(19,20)21-13-4-2-3-6-15-7-5-8-17(15)18;18-14-9-12-1-5-16(6-2-12)11-17-7-3-13(4-8-17)10-15-19;;/h7,9-12H,2-6,8,13H2,1H3;1-10H,11H2;2*1H. The lowest BCUT2D eigenvalue weighted by Crippen LogP contribution is -3.00. The Morgan fingerprint density at radius 1 is 0.837 bits per heavy atom. The highest BCUT2D eigenvalue weighted by Gasteiger charge is 2.16. The Labute approximate surface area is 273 Å². The van der Waals surface area contributed by atoms with Gasteiger partial charge in [-0.15, -0.1) is 9.13 Å². The highest BCUT2D eigenvalue weighted by atomic mass is 79.9. The molecule has 4 rings (SSSR count). The molecule has 0 atom stereocenters. The van der Waals surface area contributed by atoms with Gasteiger partial charge in [0.05, 0.1) is 23.9 Å². The summed E-state index contributed by atoms with van der Waals surface area (Å²) >= 11 is 0. The third-order valence-corrected chi connectivity index (χ3v) is 7.66. The van der Waals surface area contributed by atoms with E-state index in [-0.39, 0.29) is 51.2 Å². The Morgan fingerprint density at radius 3 is 1.84 bits per heavy atom. The van der Waals surface area contributed by atoms with Gasteiger partial charge in [-0.2, -0.15) is 8.42 Å². The maximum Gasteiger partial charge on any atom is 0.343 e. The van der Waals surface area contributed by atoms with Crippen molar-refractivity contribution < 1.29 is 70.9 Å². The maximum atomic E-state index is 12.0. The number of rotatable bonds is 12. The lowest BCUT2D eigenvalue weighted by Gasteiger charge is -2.06. The van der Waals surface area contributed by atoms with Crippen LogP contribution in [-0.2, 0) is 25.8 Å². The van der Waals surface area contributed by atoms with E-state index in [4.69, 9.17) is 14.6 Å². The van der Waals surface area contributed by atoms with Crippen LogP contribution in [0.3, 0.4) is 0 Å². The van der Waals surface area contributed by atoms with E-state index in [0.717, 1.165) is 47.9 Å². The monoisotopic (exact) mass is 738 g/mol. The molecule has 0 aliphatic heterocycles. The predicted octanol–water partition coefficient (Wildman–Crippen LogP) is -2.06. The van der Waals surface area contributed by atoms with Crippen LogP contribution in [0.1, 0.15) is 55.2 Å². The van der Waals surface area contributed by atoms with Crippen molar-refractivity contribution in [3.8, 4) is 0 Å². The Hall–Kier alpha value is -3.26. The Kier molecular flexibility index (Phi) is 17.4. The molecule has 43 heavy (non-hydrogen) atoms. The molecule has 1 aliphatic rings. The molecule has 13 heteroatoms. The van der Waals surface area contributed by atoms with Gasteiger partial charge in [0.25, 0.3) is 10.1 Å². The first-order valence-electron chi connectivity index (χ1n) is 13.3. The number of pyridine rings is 2. The summed E-state index contributed by atoms with van der Waals surface area (Å²) in [5, 5.41) is 22.8. The van der Waals surface area contributed by atoms with Crippen LogP contribution >= 0.6 is 0 Å². The summed E-state index contributed by atoms with van der Waals surface area (Å²) in [7, 11) is -3.65. The largest absolute Gasteiger partial charge is 1.00 e. The van der Waals surface area contributed by atoms with Gasteiger partial charge in [-0.25, -0.2) is 0 Å². The van der Waals surface area contributed by atoms with E-state index in [1.165, 1.54) is 12.4 Å². The maximum absolute atomic E-state index is 12.0. The van der Waals surface area contributed by atoms with Gasteiger partial charge < -0.3 is 44.4 Å². The number of unbranched alkanes of at least 4 members (excludes halogenated alkanes) is 2. The average Bonchev–Trinajstić information content (AvgIpc) is 3.38. The molecule has 2 heterocycles. The molecule has 0 fully saturated rings. The van der Waals surface area contributed by atoms with Crippen LogP contribution in [0.15, 0.2) is 100 Å². The summed E-state index contributed by atoms with van der Waals surface area (Å²) in [6.07, 6.45) is 17.1. The molecule has 0 amide bonds. The quantitative estimate of drug-likeness (QED) is 0.0549. The highest BCUT2D eigenvalue weighted by molar-refractivity contribution is 7.86. The summed E-state index contributed by atoms with van der Waals surface area (Å²) in [6.45, 7) is 2.75. The van der Waals surface area contributed by atoms with Crippen LogP contribution in [0.4, 0.5) is 0 Å². The topological polar surface area (TPSA) is 133 Å². The van der Waals surface area contributed by atoms with E-state index in [2.05, 4.69) is 10.3 Å². The number of halogens is 2. The lowest BCUT2D eigenvalue weighted by molar-refractivity contribution is -0.913. The van der Waals surface area contributed by atoms with Crippen LogP contribution in [0, 0.1) is 6.92 Å². The molecular weight excluding hydrogens is 704 g/mol. The number of Topliss-reactive ketones (excluding diaryl/α,β-unsaturated/α-hetero) is 1. The molecule has 0 spiro atoms. The number of nitrogens with zero attached hydrogens (tertiary/aromatic N) is 4. The normalized spacial score (nSPS) is 12.8. The first kappa shape index (κ1) is 37.8. The summed E-state index contributed by atoms with van der Waals surface area (Å²) in [4.78, 5) is 11.6. The van der Waals surface area contributed by atoms with E-state index in [1.807, 2.05) is 71.2 Å². The van der Waals surface area contributed by atoms with Crippen molar-refractivity contribution in [2.75, 3.05) is 6.61 Å². The highest BCUT2D eigenvalue weighted by Crippen LogP contribution is 2.20. The molecular formula is C30H36Br2N4O6S. The number of allylic oxidation sites excluding steroid dienone is 2. The third kappa shape index (κ3) is 13.3. The van der Waals surface area contributed by atoms with Gasteiger partial charge in [0.15, 0.2) is 30.6 Å². The smallest absolute Gasteiger partial charge is 0.343 e. The number of hydrogen-bond donors (Lipinski definition) is 2. The number of aryl methyl sites for hydroxylation is 1. The van der Waals surface area contributed by atoms with Crippen LogP contribution in [0.25, 0.3) is 0 Å². The van der Waals surface area contributed by atoms with Crippen molar-refractivity contribution in [1.82, 2.24) is 0 Å². The van der Waals surface area contributed by atoms with Gasteiger partial charge in [0.2, 0.25) is 0 Å². The summed E-state index contributed by atoms with van der Waals surface area (Å²) < 4.78 is 32.9. The molecule has 0 unspecified atom stereocenters. The fourth-order valence-corrected chi connectivity index (χ4v) is 4.99. The van der Waals surface area contributed by atoms with Crippen molar-refractivity contribution in [3.63, 3.8) is 0 Å². The summed E-state index contributed by atoms with van der Waals surface area (Å²) in [5.41, 5.74) is 3.61. The molecule has 0 radical (unpaired) electrons. The lowest BCUT2D eigenvalue weighted by atomic mass is 10.1. The van der Waals surface area contributed by atoms with Gasteiger partial charge in [0.1, 0.15) is 0 Å². The van der Waals surface area contributed by atoms with Crippen molar-refractivity contribution in [2.24, 2.45) is 10.3 Å². The van der Waals surface area contributed by atoms with Gasteiger partial charge in [-0.05, 0) is 50.3 Å². The molecule has 232 valence electrons. The van der Waals surface area contributed by atoms with Crippen molar-refractivity contribution in [2.45, 2.75) is 57.0 Å². The number of carbonyl (C=O) groups is 1. The predicted molar refractivity (Wildman–Crippen MR) is 153 cm³/mol. The average molecular weight is 741 g/mol. The van der Waals surface area contributed by atoms with E-state index in [1.54, 1.807) is 24.3 Å². The zero-order chi connectivity index (χ0) is 29.5. The fourth-order valence-electron chi connectivity index (χ4n) is 4.05. The molecule has 1 aliphatic carbocycles. The van der Waals surface area contributed by atoms with Crippen LogP contribution in [0.2, 0.25) is 0 Å². The summed E-state index contributed by atoms with van der Waals surface area (Å²) in [5.74, 6) is 0.262. The Bertz CT molecular complexity index is 1410. The first-order valence-corrected chi connectivity index (χ1v) is 14.7. The SMILES string of the molecule is Cc1ccc(S(=O)(=O)OCCCCCC2=CCCC2=O)cc1.O/N=C\c1cc[n+](C[n+]2ccc(/C=N\O)cc2)cc1.[Br-].[Br-]. The zero-order valence-corrected chi connectivity index (χ0v) is 27.8. The molecule has 0 bridgehead atoms. The second kappa shape index (κ2) is 19.8. The van der Waals surface area contributed by atoms with E-state index >= 15 is 0 Å². The van der Waals surface area contributed by atoms with Gasteiger partial charge >= 0.3 is 6.67 Å². The third-order valence-electron chi connectivity index (χ3n) is 6.33. The minimum absolute atomic E-state index is 0. The molecule has 2 N–H and O–H groups in total. The number of oxime groups is 2. The number of benzene rings is 1. The zero-order valence-electron chi connectivity index (χ0n) is 23.8. The van der Waals surface area contributed by atoms with Gasteiger partial charge in [-0.1, -0.05) is 40.5 Å². The number of ketones is 1. The Balaban J connectivity index is 0.000000415. The van der Waals surface area contributed by atoms with Gasteiger partial charge in [0, 0.05) is 41.8 Å². The number of aromatic nitrogens is 2. The van der Waals surface area contributed by atoms with E-state index < -0.39 is 10.1 Å². The second-order valence-electron chi connectivity index (χ2n) is 9.51. The number of carbonyl (C=O) groups excluding carboxylic acids is 1. The fraction of sp³-hybridized carbons (Fsp3) is 0.300. The minimum Gasteiger partial charge on any atom is -1.00 e. The Morgan fingerprint density at radius 2 is 1.37 bits per heavy atom.